The molecule has 1 aliphatic rings. The van der Waals surface area contributed by atoms with Crippen LogP contribution >= 0.6 is 0 Å². The van der Waals surface area contributed by atoms with E-state index in [0.29, 0.717) is 0 Å². The summed E-state index contributed by atoms with van der Waals surface area (Å²) in [5.74, 6) is 1.63. The van der Waals surface area contributed by atoms with Gasteiger partial charge >= 0.3 is 0 Å². The van der Waals surface area contributed by atoms with E-state index in [2.05, 4.69) is 57.3 Å². The normalized spacial score (nSPS) is 16.5. The van der Waals surface area contributed by atoms with E-state index in [-0.39, 0.29) is 0 Å². The summed E-state index contributed by atoms with van der Waals surface area (Å²) in [7, 11) is 0. The van der Waals surface area contributed by atoms with Crippen LogP contribution in [-0.4, -0.2) is 13.1 Å². The van der Waals surface area contributed by atoms with Gasteiger partial charge in [0, 0.05) is 0 Å². The molecule has 1 aromatic carbocycles. The molecule has 1 saturated heterocycles. The SMILES string of the molecule is CC(C)C.Cc1ccc(C2CCNCC2)cc1. The van der Waals surface area contributed by atoms with E-state index in [1.807, 2.05) is 0 Å². The Hall–Kier alpha value is -0.820. The Bertz CT molecular complexity index is 291. The first-order valence-corrected chi connectivity index (χ1v) is 6.87. The lowest BCUT2D eigenvalue weighted by Crippen LogP contribution is -2.26. The molecule has 0 amide bonds. The van der Waals surface area contributed by atoms with Gasteiger partial charge in [-0.15, -0.1) is 0 Å². The van der Waals surface area contributed by atoms with Crippen molar-refractivity contribution < 1.29 is 0 Å². The fourth-order valence-corrected chi connectivity index (χ4v) is 1.99. The van der Waals surface area contributed by atoms with Crippen molar-refractivity contribution in [3.05, 3.63) is 35.4 Å². The van der Waals surface area contributed by atoms with Crippen LogP contribution in [0.5, 0.6) is 0 Å². The number of hydrogen-bond acceptors (Lipinski definition) is 1. The molecule has 2 rings (SSSR count). The maximum Gasteiger partial charge on any atom is -0.00431 e. The molecule has 0 atom stereocenters. The van der Waals surface area contributed by atoms with Gasteiger partial charge in [0.2, 0.25) is 0 Å². The highest BCUT2D eigenvalue weighted by molar-refractivity contribution is 5.24. The second-order valence-corrected chi connectivity index (χ2v) is 5.67. The van der Waals surface area contributed by atoms with Gasteiger partial charge < -0.3 is 5.32 Å². The van der Waals surface area contributed by atoms with Crippen molar-refractivity contribution in [3.63, 3.8) is 0 Å². The van der Waals surface area contributed by atoms with Crippen LogP contribution in [0.25, 0.3) is 0 Å². The summed E-state index contributed by atoms with van der Waals surface area (Å²) < 4.78 is 0. The van der Waals surface area contributed by atoms with Gasteiger partial charge in [0.05, 0.1) is 0 Å². The van der Waals surface area contributed by atoms with E-state index in [4.69, 9.17) is 0 Å². The zero-order valence-electron chi connectivity index (χ0n) is 11.8. The van der Waals surface area contributed by atoms with Crippen LogP contribution in [-0.2, 0) is 0 Å². The molecule has 0 bridgehead atoms. The van der Waals surface area contributed by atoms with Crippen LogP contribution in [0.1, 0.15) is 50.7 Å². The van der Waals surface area contributed by atoms with Crippen molar-refractivity contribution in [3.8, 4) is 0 Å². The Morgan fingerprint density at radius 1 is 1.00 bits per heavy atom. The van der Waals surface area contributed by atoms with Crippen molar-refractivity contribution in [1.82, 2.24) is 5.32 Å². The lowest BCUT2D eigenvalue weighted by molar-refractivity contribution is 0.460. The van der Waals surface area contributed by atoms with Crippen LogP contribution in [0.3, 0.4) is 0 Å². The number of hydrogen-bond donors (Lipinski definition) is 1. The molecule has 1 N–H and O–H groups in total. The summed E-state index contributed by atoms with van der Waals surface area (Å²) in [5, 5.41) is 3.40. The Balaban J connectivity index is 0.000000317. The quantitative estimate of drug-likeness (QED) is 0.769. The van der Waals surface area contributed by atoms with Gasteiger partial charge in [-0.05, 0) is 50.3 Å². The standard InChI is InChI=1S/C12H17N.C4H10/c1-10-2-4-11(5-3-10)12-6-8-13-9-7-12;1-4(2)3/h2-5,12-13H,6-9H2,1H3;4H,1-3H3. The second-order valence-electron chi connectivity index (χ2n) is 5.67. The lowest BCUT2D eigenvalue weighted by Gasteiger charge is -2.22. The van der Waals surface area contributed by atoms with E-state index in [1.165, 1.54) is 37.1 Å². The van der Waals surface area contributed by atoms with E-state index >= 15 is 0 Å². The minimum atomic E-state index is 0.793. The molecule has 1 aromatic rings. The summed E-state index contributed by atoms with van der Waals surface area (Å²) in [5.41, 5.74) is 2.88. The highest BCUT2D eigenvalue weighted by Crippen LogP contribution is 2.24. The van der Waals surface area contributed by atoms with Crippen molar-refractivity contribution in [2.45, 2.75) is 46.5 Å². The van der Waals surface area contributed by atoms with E-state index < -0.39 is 0 Å². The van der Waals surface area contributed by atoms with Crippen LogP contribution in [0, 0.1) is 12.8 Å². The zero-order valence-corrected chi connectivity index (χ0v) is 11.8. The minimum Gasteiger partial charge on any atom is -0.317 e. The smallest absolute Gasteiger partial charge is 0.00431 e. The van der Waals surface area contributed by atoms with Crippen molar-refractivity contribution in [1.29, 1.82) is 0 Å². The van der Waals surface area contributed by atoms with Crippen molar-refractivity contribution in [2.24, 2.45) is 5.92 Å². The van der Waals surface area contributed by atoms with Gasteiger partial charge in [0.1, 0.15) is 0 Å². The molecule has 0 spiro atoms. The summed E-state index contributed by atoms with van der Waals surface area (Å²) in [6.07, 6.45) is 2.59. The second kappa shape index (κ2) is 7.50. The molecule has 1 fully saturated rings. The average Bonchev–Trinajstić information content (AvgIpc) is 2.30. The molecular formula is C16H27N. The molecular weight excluding hydrogens is 206 g/mol. The topological polar surface area (TPSA) is 12.0 Å². The predicted octanol–water partition coefficient (Wildman–Crippen LogP) is 4.12. The predicted molar refractivity (Wildman–Crippen MR) is 76.5 cm³/mol. The lowest BCUT2D eigenvalue weighted by atomic mass is 9.90. The van der Waals surface area contributed by atoms with E-state index in [0.717, 1.165) is 11.8 Å². The maximum absolute atomic E-state index is 3.40. The Labute approximate surface area is 107 Å². The summed E-state index contributed by atoms with van der Waals surface area (Å²) in [4.78, 5) is 0. The Morgan fingerprint density at radius 3 is 1.94 bits per heavy atom. The molecule has 1 heteroatoms. The maximum atomic E-state index is 3.40. The largest absolute Gasteiger partial charge is 0.317 e. The monoisotopic (exact) mass is 233 g/mol. The molecule has 1 aliphatic heterocycles. The molecule has 1 nitrogen and oxygen atoms in total. The zero-order chi connectivity index (χ0) is 12.7. The Morgan fingerprint density at radius 2 is 1.47 bits per heavy atom. The molecule has 1 heterocycles. The molecule has 96 valence electrons. The summed E-state index contributed by atoms with van der Waals surface area (Å²) in [6, 6.07) is 9.01. The van der Waals surface area contributed by atoms with Crippen LogP contribution in [0.15, 0.2) is 24.3 Å². The molecule has 0 unspecified atom stereocenters. The number of nitrogens with one attached hydrogen (secondary N) is 1. The summed E-state index contributed by atoms with van der Waals surface area (Å²) >= 11 is 0. The first kappa shape index (κ1) is 14.2. The number of rotatable bonds is 1. The van der Waals surface area contributed by atoms with Gasteiger partial charge in [-0.25, -0.2) is 0 Å². The van der Waals surface area contributed by atoms with Crippen LogP contribution in [0.4, 0.5) is 0 Å². The fourth-order valence-electron chi connectivity index (χ4n) is 1.99. The first-order valence-electron chi connectivity index (χ1n) is 6.87. The van der Waals surface area contributed by atoms with Crippen molar-refractivity contribution in [2.75, 3.05) is 13.1 Å². The van der Waals surface area contributed by atoms with E-state index in [1.54, 1.807) is 0 Å². The highest BCUT2D eigenvalue weighted by Gasteiger charge is 2.14. The van der Waals surface area contributed by atoms with Gasteiger partial charge in [-0.2, -0.15) is 0 Å². The van der Waals surface area contributed by atoms with Gasteiger partial charge in [-0.3, -0.25) is 0 Å². The van der Waals surface area contributed by atoms with Gasteiger partial charge in [0.25, 0.3) is 0 Å². The number of benzene rings is 1. The molecule has 0 saturated carbocycles. The number of aryl methyl sites for hydroxylation is 1. The third-order valence-corrected chi connectivity index (χ3v) is 2.89. The minimum absolute atomic E-state index is 0.793. The van der Waals surface area contributed by atoms with Crippen molar-refractivity contribution >= 4 is 0 Å². The number of piperidine rings is 1. The third kappa shape index (κ3) is 5.88. The Kier molecular flexibility index (Phi) is 6.28. The van der Waals surface area contributed by atoms with E-state index in [9.17, 15) is 0 Å². The first-order chi connectivity index (χ1) is 8.09. The molecule has 0 radical (unpaired) electrons. The van der Waals surface area contributed by atoms with Gasteiger partial charge in [0.15, 0.2) is 0 Å². The highest BCUT2D eigenvalue weighted by atomic mass is 14.9. The van der Waals surface area contributed by atoms with Crippen LogP contribution < -0.4 is 5.32 Å². The molecule has 0 aliphatic carbocycles. The van der Waals surface area contributed by atoms with Gasteiger partial charge in [-0.1, -0.05) is 50.6 Å². The molecule has 17 heavy (non-hydrogen) atoms. The fraction of sp³-hybridized carbons (Fsp3) is 0.625. The third-order valence-electron chi connectivity index (χ3n) is 2.89. The van der Waals surface area contributed by atoms with Crippen LogP contribution in [0.2, 0.25) is 0 Å². The average molecular weight is 233 g/mol. The molecule has 0 aromatic heterocycles. The summed E-state index contributed by atoms with van der Waals surface area (Å²) in [6.45, 7) is 11.0.